The molecule has 3 heteroatoms. The Labute approximate surface area is 95.4 Å². The van der Waals surface area contributed by atoms with Crippen molar-refractivity contribution in [1.29, 1.82) is 5.26 Å². The predicted octanol–water partition coefficient (Wildman–Crippen LogP) is 3.50. The summed E-state index contributed by atoms with van der Waals surface area (Å²) in [7, 11) is 0. The van der Waals surface area contributed by atoms with Gasteiger partial charge in [0.2, 0.25) is 0 Å². The van der Waals surface area contributed by atoms with Crippen molar-refractivity contribution in [3.63, 3.8) is 0 Å². The fraction of sp³-hybridized carbons (Fsp3) is 0.417. The zero-order valence-corrected chi connectivity index (χ0v) is 9.33. The molecule has 0 aliphatic rings. The number of nitrogens with zero attached hydrogens (tertiary/aromatic N) is 1. The van der Waals surface area contributed by atoms with E-state index in [0.717, 1.165) is 24.2 Å². The van der Waals surface area contributed by atoms with Gasteiger partial charge in [-0.05, 0) is 18.9 Å². The zero-order chi connectivity index (χ0) is 10.9. The van der Waals surface area contributed by atoms with Crippen LogP contribution in [0.5, 0.6) is 5.75 Å². The van der Waals surface area contributed by atoms with Gasteiger partial charge in [0, 0.05) is 12.0 Å². The molecule has 0 N–H and O–H groups in total. The summed E-state index contributed by atoms with van der Waals surface area (Å²) in [6, 6.07) is 9.86. The fourth-order valence-electron chi connectivity index (χ4n) is 1.24. The van der Waals surface area contributed by atoms with Crippen LogP contribution in [-0.4, -0.2) is 6.61 Å². The maximum atomic E-state index is 8.36. The van der Waals surface area contributed by atoms with Crippen LogP contribution in [0.2, 0.25) is 0 Å². The summed E-state index contributed by atoms with van der Waals surface area (Å²) in [5.74, 6) is 1.32. The maximum Gasteiger partial charge on any atom is 0.123 e. The number of hydrogen-bond acceptors (Lipinski definition) is 2. The van der Waals surface area contributed by atoms with Crippen LogP contribution in [0, 0.1) is 11.3 Å². The standard InChI is InChI=1S/C12H14ClNO/c13-10-11-6-2-3-7-12(11)15-9-5-1-4-8-14/h2-3,6-7H,1,4-5,9-10H2. The SMILES string of the molecule is N#CCCCCOc1ccccc1CCl. The van der Waals surface area contributed by atoms with Crippen molar-refractivity contribution in [2.24, 2.45) is 0 Å². The Hall–Kier alpha value is -1.20. The van der Waals surface area contributed by atoms with E-state index in [0.29, 0.717) is 18.9 Å². The third kappa shape index (κ3) is 4.22. The smallest absolute Gasteiger partial charge is 0.123 e. The quantitative estimate of drug-likeness (QED) is 0.546. The minimum absolute atomic E-state index is 0.467. The lowest BCUT2D eigenvalue weighted by Gasteiger charge is -2.08. The first-order valence-electron chi connectivity index (χ1n) is 5.02. The van der Waals surface area contributed by atoms with Crippen LogP contribution in [0.1, 0.15) is 24.8 Å². The molecule has 0 unspecified atom stereocenters. The Morgan fingerprint density at radius 1 is 1.27 bits per heavy atom. The Morgan fingerprint density at radius 3 is 2.80 bits per heavy atom. The van der Waals surface area contributed by atoms with Gasteiger partial charge in [0.05, 0.1) is 18.6 Å². The Kier molecular flexibility index (Phi) is 5.65. The number of unbranched alkanes of at least 4 members (excludes halogenated alkanes) is 2. The first kappa shape index (κ1) is 11.9. The van der Waals surface area contributed by atoms with Crippen molar-refractivity contribution in [2.75, 3.05) is 6.61 Å². The monoisotopic (exact) mass is 223 g/mol. The second-order valence-corrected chi connectivity index (χ2v) is 3.47. The normalized spacial score (nSPS) is 9.60. The zero-order valence-electron chi connectivity index (χ0n) is 8.58. The molecule has 1 aromatic rings. The third-order valence-electron chi connectivity index (χ3n) is 2.06. The Balaban J connectivity index is 2.34. The van der Waals surface area contributed by atoms with E-state index in [9.17, 15) is 0 Å². The van der Waals surface area contributed by atoms with Crippen molar-refractivity contribution in [1.82, 2.24) is 0 Å². The first-order valence-corrected chi connectivity index (χ1v) is 5.55. The van der Waals surface area contributed by atoms with Gasteiger partial charge in [-0.15, -0.1) is 11.6 Å². The highest BCUT2D eigenvalue weighted by Crippen LogP contribution is 2.19. The molecular formula is C12H14ClNO. The largest absolute Gasteiger partial charge is 0.493 e. The maximum absolute atomic E-state index is 8.36. The Morgan fingerprint density at radius 2 is 2.07 bits per heavy atom. The highest BCUT2D eigenvalue weighted by molar-refractivity contribution is 6.17. The molecule has 0 amide bonds. The van der Waals surface area contributed by atoms with Crippen LogP contribution in [0.25, 0.3) is 0 Å². The second kappa shape index (κ2) is 7.14. The van der Waals surface area contributed by atoms with Crippen LogP contribution >= 0.6 is 11.6 Å². The molecule has 0 radical (unpaired) electrons. The van der Waals surface area contributed by atoms with Crippen molar-refractivity contribution in [2.45, 2.75) is 25.1 Å². The van der Waals surface area contributed by atoms with E-state index < -0.39 is 0 Å². The number of ether oxygens (including phenoxy) is 1. The molecule has 0 fully saturated rings. The molecule has 0 saturated heterocycles. The van der Waals surface area contributed by atoms with Crippen molar-refractivity contribution in [3.05, 3.63) is 29.8 Å². The van der Waals surface area contributed by atoms with E-state index in [1.807, 2.05) is 24.3 Å². The number of halogens is 1. The first-order chi connectivity index (χ1) is 7.38. The number of nitriles is 1. The summed E-state index contributed by atoms with van der Waals surface area (Å²) in [5.41, 5.74) is 1.01. The summed E-state index contributed by atoms with van der Waals surface area (Å²) in [5, 5.41) is 8.36. The van der Waals surface area contributed by atoms with Crippen LogP contribution in [0.4, 0.5) is 0 Å². The number of rotatable bonds is 6. The molecule has 0 saturated carbocycles. The van der Waals surface area contributed by atoms with E-state index in [1.54, 1.807) is 0 Å². The molecule has 0 spiro atoms. The number of benzene rings is 1. The summed E-state index contributed by atoms with van der Waals surface area (Å²) in [6.45, 7) is 0.648. The van der Waals surface area contributed by atoms with Gasteiger partial charge in [-0.1, -0.05) is 18.2 Å². The predicted molar refractivity (Wildman–Crippen MR) is 61.0 cm³/mol. The fourth-order valence-corrected chi connectivity index (χ4v) is 1.46. The highest BCUT2D eigenvalue weighted by Gasteiger charge is 2.00. The lowest BCUT2D eigenvalue weighted by molar-refractivity contribution is 0.305. The van der Waals surface area contributed by atoms with Crippen LogP contribution in [-0.2, 0) is 5.88 Å². The minimum Gasteiger partial charge on any atom is -0.493 e. The van der Waals surface area contributed by atoms with Gasteiger partial charge in [0.25, 0.3) is 0 Å². The van der Waals surface area contributed by atoms with Gasteiger partial charge in [-0.25, -0.2) is 0 Å². The molecule has 2 nitrogen and oxygen atoms in total. The molecular weight excluding hydrogens is 210 g/mol. The number of hydrogen-bond donors (Lipinski definition) is 0. The van der Waals surface area contributed by atoms with Gasteiger partial charge < -0.3 is 4.74 Å². The summed E-state index contributed by atoms with van der Waals surface area (Å²) < 4.78 is 5.58. The van der Waals surface area contributed by atoms with Gasteiger partial charge in [-0.3, -0.25) is 0 Å². The van der Waals surface area contributed by atoms with Gasteiger partial charge in [-0.2, -0.15) is 5.26 Å². The molecule has 0 aliphatic heterocycles. The molecule has 15 heavy (non-hydrogen) atoms. The van der Waals surface area contributed by atoms with Gasteiger partial charge in [0.1, 0.15) is 5.75 Å². The van der Waals surface area contributed by atoms with Crippen LogP contribution in [0.15, 0.2) is 24.3 Å². The molecule has 1 rings (SSSR count). The topological polar surface area (TPSA) is 33.0 Å². The average molecular weight is 224 g/mol. The van der Waals surface area contributed by atoms with Crippen molar-refractivity contribution >= 4 is 11.6 Å². The van der Waals surface area contributed by atoms with Gasteiger partial charge in [0.15, 0.2) is 0 Å². The van der Waals surface area contributed by atoms with Gasteiger partial charge >= 0.3 is 0 Å². The van der Waals surface area contributed by atoms with E-state index in [-0.39, 0.29) is 0 Å². The molecule has 0 aliphatic carbocycles. The highest BCUT2D eigenvalue weighted by atomic mass is 35.5. The van der Waals surface area contributed by atoms with Crippen LogP contribution in [0.3, 0.4) is 0 Å². The number of para-hydroxylation sites is 1. The van der Waals surface area contributed by atoms with Crippen molar-refractivity contribution in [3.8, 4) is 11.8 Å². The van der Waals surface area contributed by atoms with E-state index in [1.165, 1.54) is 0 Å². The molecule has 0 aromatic heterocycles. The molecule has 80 valence electrons. The number of alkyl halides is 1. The summed E-state index contributed by atoms with van der Waals surface area (Å²) >= 11 is 5.77. The van der Waals surface area contributed by atoms with E-state index in [4.69, 9.17) is 21.6 Å². The minimum atomic E-state index is 0.467. The van der Waals surface area contributed by atoms with E-state index >= 15 is 0 Å². The van der Waals surface area contributed by atoms with Crippen molar-refractivity contribution < 1.29 is 4.74 Å². The summed E-state index contributed by atoms with van der Waals surface area (Å²) in [4.78, 5) is 0. The molecule has 1 aromatic carbocycles. The van der Waals surface area contributed by atoms with Crippen LogP contribution < -0.4 is 4.74 Å². The second-order valence-electron chi connectivity index (χ2n) is 3.21. The lowest BCUT2D eigenvalue weighted by Crippen LogP contribution is -1.99. The Bertz CT molecular complexity index is 333. The lowest BCUT2D eigenvalue weighted by atomic mass is 10.2. The average Bonchev–Trinajstić information content (AvgIpc) is 2.29. The van der Waals surface area contributed by atoms with E-state index in [2.05, 4.69) is 6.07 Å². The molecule has 0 bridgehead atoms. The molecule has 0 atom stereocenters. The third-order valence-corrected chi connectivity index (χ3v) is 2.34. The molecule has 0 heterocycles. The summed E-state index contributed by atoms with van der Waals surface area (Å²) in [6.07, 6.45) is 2.39.